The quantitative estimate of drug-likeness (QED) is 0.725. The highest BCUT2D eigenvalue weighted by molar-refractivity contribution is 5.30. The highest BCUT2D eigenvalue weighted by Crippen LogP contribution is 2.51. The molecule has 2 aliphatic carbocycles. The summed E-state index contributed by atoms with van der Waals surface area (Å²) in [7, 11) is 1.77. The van der Waals surface area contributed by atoms with Crippen molar-refractivity contribution in [1.29, 1.82) is 0 Å². The molecule has 2 saturated carbocycles. The van der Waals surface area contributed by atoms with Gasteiger partial charge in [-0.2, -0.15) is 0 Å². The molecule has 2 fully saturated rings. The van der Waals surface area contributed by atoms with Crippen molar-refractivity contribution in [2.75, 3.05) is 7.11 Å². The lowest BCUT2D eigenvalue weighted by atomic mass is 9.94. The third-order valence-corrected chi connectivity index (χ3v) is 4.89. The number of fused-ring (bicyclic) bond motifs is 1. The van der Waals surface area contributed by atoms with Gasteiger partial charge in [0.1, 0.15) is 5.75 Å². The summed E-state index contributed by atoms with van der Waals surface area (Å²) in [5, 5.41) is 0. The van der Waals surface area contributed by atoms with Gasteiger partial charge in [-0.05, 0) is 61.1 Å². The van der Waals surface area contributed by atoms with Crippen molar-refractivity contribution >= 4 is 0 Å². The smallest absolute Gasteiger partial charge is 0.406 e. The van der Waals surface area contributed by atoms with Crippen molar-refractivity contribution in [2.45, 2.75) is 57.9 Å². The molecule has 1 aromatic rings. The summed E-state index contributed by atoms with van der Waals surface area (Å²) in [6.07, 6.45) is 0.234. The molecule has 2 unspecified atom stereocenters. The summed E-state index contributed by atoms with van der Waals surface area (Å²) in [6.45, 7) is 4.00. The van der Waals surface area contributed by atoms with Crippen LogP contribution in [0, 0.1) is 11.8 Å². The van der Waals surface area contributed by atoms with Crippen LogP contribution in [0.2, 0.25) is 0 Å². The minimum absolute atomic E-state index is 0.149. The van der Waals surface area contributed by atoms with Crippen LogP contribution in [0.1, 0.15) is 51.0 Å². The number of rotatable bonds is 3. The zero-order valence-electron chi connectivity index (χ0n) is 13.9. The molecule has 0 amide bonds. The van der Waals surface area contributed by atoms with Crippen LogP contribution in [0.4, 0.5) is 13.2 Å². The maximum absolute atomic E-state index is 12.1. The summed E-state index contributed by atoms with van der Waals surface area (Å²) in [6, 6.07) is 6.35. The molecule has 0 bridgehead atoms. The van der Waals surface area contributed by atoms with Crippen molar-refractivity contribution < 1.29 is 22.6 Å². The maximum Gasteiger partial charge on any atom is 0.573 e. The van der Waals surface area contributed by atoms with E-state index < -0.39 is 6.36 Å². The highest BCUT2D eigenvalue weighted by Gasteiger charge is 2.42. The minimum atomic E-state index is -4.62. The minimum Gasteiger partial charge on any atom is -0.406 e. The van der Waals surface area contributed by atoms with Crippen LogP contribution in [0.3, 0.4) is 0 Å². The summed E-state index contributed by atoms with van der Waals surface area (Å²) in [4.78, 5) is 0. The number of hydrogen-bond donors (Lipinski definition) is 0. The molecule has 5 heteroatoms. The fraction of sp³-hybridized carbons (Fsp3) is 0.667. The second-order valence-corrected chi connectivity index (χ2v) is 6.13. The highest BCUT2D eigenvalue weighted by atomic mass is 19.4. The molecule has 0 N–H and O–H groups in total. The molecule has 0 saturated heterocycles. The average Bonchev–Trinajstić information content (AvgIpc) is 3.06. The molecule has 130 valence electrons. The van der Waals surface area contributed by atoms with E-state index in [1.807, 2.05) is 13.8 Å². The van der Waals surface area contributed by atoms with Crippen molar-refractivity contribution in [2.24, 2.45) is 11.8 Å². The molecule has 0 aliphatic heterocycles. The van der Waals surface area contributed by atoms with E-state index in [2.05, 4.69) is 4.74 Å². The van der Waals surface area contributed by atoms with Gasteiger partial charge in [-0.1, -0.05) is 26.0 Å². The Morgan fingerprint density at radius 1 is 0.913 bits per heavy atom. The van der Waals surface area contributed by atoms with E-state index in [0.717, 1.165) is 31.2 Å². The Labute approximate surface area is 136 Å². The summed E-state index contributed by atoms with van der Waals surface area (Å²) < 4.78 is 45.7. The van der Waals surface area contributed by atoms with Gasteiger partial charge in [0, 0.05) is 7.11 Å². The predicted molar refractivity (Wildman–Crippen MR) is 83.5 cm³/mol. The molecular weight excluding hydrogens is 305 g/mol. The second kappa shape index (κ2) is 7.56. The molecule has 23 heavy (non-hydrogen) atoms. The van der Waals surface area contributed by atoms with Gasteiger partial charge in [0.2, 0.25) is 0 Å². The van der Waals surface area contributed by atoms with E-state index in [4.69, 9.17) is 4.74 Å². The standard InChI is InChI=1S/C16H19F3O2.C2H6/c1-20-15-8-12-6-11(7-13(12)9-15)10-2-4-14(5-3-10)21-16(17,18)19;1-2/h2-5,11-13,15H,6-9H2,1H3;1-2H3. The van der Waals surface area contributed by atoms with Crippen molar-refractivity contribution in [1.82, 2.24) is 0 Å². The first kappa shape index (κ1) is 18.1. The van der Waals surface area contributed by atoms with E-state index >= 15 is 0 Å². The van der Waals surface area contributed by atoms with Crippen LogP contribution in [0.15, 0.2) is 24.3 Å². The Morgan fingerprint density at radius 2 is 1.43 bits per heavy atom. The molecule has 2 nitrogen and oxygen atoms in total. The van der Waals surface area contributed by atoms with Gasteiger partial charge in [-0.25, -0.2) is 0 Å². The van der Waals surface area contributed by atoms with Gasteiger partial charge >= 0.3 is 6.36 Å². The van der Waals surface area contributed by atoms with E-state index in [-0.39, 0.29) is 5.75 Å². The fourth-order valence-corrected chi connectivity index (χ4v) is 3.97. The van der Waals surface area contributed by atoms with E-state index in [0.29, 0.717) is 23.9 Å². The number of hydrogen-bond acceptors (Lipinski definition) is 2. The summed E-state index contributed by atoms with van der Waals surface area (Å²) >= 11 is 0. The van der Waals surface area contributed by atoms with Gasteiger partial charge in [-0.15, -0.1) is 13.2 Å². The first-order valence-electron chi connectivity index (χ1n) is 8.33. The maximum atomic E-state index is 12.1. The lowest BCUT2D eigenvalue weighted by Crippen LogP contribution is -2.17. The first-order chi connectivity index (χ1) is 10.9. The molecule has 0 aromatic heterocycles. The predicted octanol–water partition coefficient (Wildman–Crippen LogP) is 5.53. The van der Waals surface area contributed by atoms with Crippen LogP contribution in [0.5, 0.6) is 5.75 Å². The van der Waals surface area contributed by atoms with Crippen molar-refractivity contribution in [3.05, 3.63) is 29.8 Å². The molecule has 0 heterocycles. The van der Waals surface area contributed by atoms with Gasteiger partial charge in [0.25, 0.3) is 0 Å². The molecule has 2 aliphatic rings. The third-order valence-electron chi connectivity index (χ3n) is 4.89. The van der Waals surface area contributed by atoms with E-state index in [1.165, 1.54) is 12.1 Å². The van der Waals surface area contributed by atoms with Crippen molar-refractivity contribution in [3.63, 3.8) is 0 Å². The molecule has 1 aromatic carbocycles. The monoisotopic (exact) mass is 330 g/mol. The number of ether oxygens (including phenoxy) is 2. The zero-order chi connectivity index (χ0) is 17.0. The van der Waals surface area contributed by atoms with Crippen LogP contribution in [-0.4, -0.2) is 19.6 Å². The molecule has 2 atom stereocenters. The van der Waals surface area contributed by atoms with Gasteiger partial charge in [-0.3, -0.25) is 0 Å². The topological polar surface area (TPSA) is 18.5 Å². The summed E-state index contributed by atoms with van der Waals surface area (Å²) in [5.41, 5.74) is 1.12. The number of halogens is 3. The second-order valence-electron chi connectivity index (χ2n) is 6.13. The lowest BCUT2D eigenvalue weighted by molar-refractivity contribution is -0.274. The third kappa shape index (κ3) is 4.63. The lowest BCUT2D eigenvalue weighted by Gasteiger charge is -2.15. The van der Waals surface area contributed by atoms with Gasteiger partial charge < -0.3 is 9.47 Å². The Hall–Kier alpha value is -1.23. The van der Waals surface area contributed by atoms with Crippen LogP contribution in [-0.2, 0) is 4.74 Å². The number of alkyl halides is 3. The Bertz CT molecular complexity index is 470. The molecule has 3 rings (SSSR count). The Kier molecular flexibility index (Phi) is 5.95. The first-order valence-corrected chi connectivity index (χ1v) is 8.33. The van der Waals surface area contributed by atoms with Crippen LogP contribution in [0.25, 0.3) is 0 Å². The van der Waals surface area contributed by atoms with E-state index in [9.17, 15) is 13.2 Å². The summed E-state index contributed by atoms with van der Waals surface area (Å²) in [5.74, 6) is 1.71. The van der Waals surface area contributed by atoms with Crippen molar-refractivity contribution in [3.8, 4) is 5.75 Å². The van der Waals surface area contributed by atoms with E-state index in [1.54, 1.807) is 19.2 Å². The molecule has 0 radical (unpaired) electrons. The van der Waals surface area contributed by atoms with Gasteiger partial charge in [0.15, 0.2) is 0 Å². The number of benzene rings is 1. The Balaban J connectivity index is 0.000000924. The van der Waals surface area contributed by atoms with Gasteiger partial charge in [0.05, 0.1) is 6.10 Å². The molecule has 0 spiro atoms. The number of methoxy groups -OCH3 is 1. The molecular formula is C18H25F3O2. The fourth-order valence-electron chi connectivity index (χ4n) is 3.97. The largest absolute Gasteiger partial charge is 0.573 e. The Morgan fingerprint density at radius 3 is 1.87 bits per heavy atom. The SMILES string of the molecule is CC.COC1CC2CC(c3ccc(OC(F)(F)F)cc3)CC2C1. The van der Waals surface area contributed by atoms with Crippen LogP contribution >= 0.6 is 0 Å². The van der Waals surface area contributed by atoms with Crippen LogP contribution < -0.4 is 4.74 Å². The average molecular weight is 330 g/mol. The zero-order valence-corrected chi connectivity index (χ0v) is 13.9. The normalized spacial score (nSPS) is 29.7.